The van der Waals surface area contributed by atoms with Crippen LogP contribution in [0.3, 0.4) is 0 Å². The molecular formula is C19H16N2O2. The summed E-state index contributed by atoms with van der Waals surface area (Å²) in [4.78, 5) is 15.4. The molecule has 0 spiro atoms. The van der Waals surface area contributed by atoms with Gasteiger partial charge in [-0.3, -0.25) is 4.98 Å². The first-order chi connectivity index (χ1) is 11.3. The van der Waals surface area contributed by atoms with Gasteiger partial charge >= 0.3 is 5.97 Å². The minimum Gasteiger partial charge on any atom is -0.465 e. The number of nitrogens with zero attached hydrogens (tertiary/aromatic N) is 1. The zero-order valence-electron chi connectivity index (χ0n) is 12.7. The van der Waals surface area contributed by atoms with E-state index >= 15 is 0 Å². The van der Waals surface area contributed by atoms with E-state index in [0.29, 0.717) is 5.56 Å². The van der Waals surface area contributed by atoms with Gasteiger partial charge in [-0.25, -0.2) is 4.79 Å². The predicted molar refractivity (Wildman–Crippen MR) is 90.7 cm³/mol. The van der Waals surface area contributed by atoms with Gasteiger partial charge in [0.05, 0.1) is 12.7 Å². The van der Waals surface area contributed by atoms with E-state index in [9.17, 15) is 4.79 Å². The molecule has 0 saturated heterocycles. The van der Waals surface area contributed by atoms with E-state index in [4.69, 9.17) is 4.74 Å². The van der Waals surface area contributed by atoms with E-state index in [1.54, 1.807) is 24.5 Å². The van der Waals surface area contributed by atoms with Gasteiger partial charge in [-0.15, -0.1) is 0 Å². The average Bonchev–Trinajstić information content (AvgIpc) is 2.63. The van der Waals surface area contributed by atoms with Gasteiger partial charge < -0.3 is 10.1 Å². The summed E-state index contributed by atoms with van der Waals surface area (Å²) in [6, 6.07) is 19.3. The fourth-order valence-corrected chi connectivity index (χ4v) is 2.26. The van der Waals surface area contributed by atoms with Gasteiger partial charge in [0.1, 0.15) is 0 Å². The summed E-state index contributed by atoms with van der Waals surface area (Å²) in [5.74, 6) is -0.326. The van der Waals surface area contributed by atoms with Crippen molar-refractivity contribution in [1.29, 1.82) is 0 Å². The van der Waals surface area contributed by atoms with Gasteiger partial charge in [-0.1, -0.05) is 24.3 Å². The second-order valence-corrected chi connectivity index (χ2v) is 5.01. The van der Waals surface area contributed by atoms with Crippen LogP contribution in [-0.4, -0.2) is 18.1 Å². The molecule has 114 valence electrons. The quantitative estimate of drug-likeness (QED) is 0.731. The molecule has 1 aromatic heterocycles. The van der Waals surface area contributed by atoms with Gasteiger partial charge in [0.25, 0.3) is 0 Å². The number of rotatable bonds is 4. The molecule has 0 radical (unpaired) electrons. The van der Waals surface area contributed by atoms with Crippen molar-refractivity contribution < 1.29 is 9.53 Å². The monoisotopic (exact) mass is 304 g/mol. The van der Waals surface area contributed by atoms with E-state index in [1.165, 1.54) is 7.11 Å². The van der Waals surface area contributed by atoms with Crippen LogP contribution in [0.1, 0.15) is 10.4 Å². The maximum absolute atomic E-state index is 11.4. The lowest BCUT2D eigenvalue weighted by atomic mass is 10.0. The molecule has 4 nitrogen and oxygen atoms in total. The Morgan fingerprint density at radius 3 is 1.91 bits per heavy atom. The Morgan fingerprint density at radius 1 is 0.826 bits per heavy atom. The van der Waals surface area contributed by atoms with Crippen LogP contribution in [0.15, 0.2) is 73.1 Å². The van der Waals surface area contributed by atoms with Crippen LogP contribution in [0.4, 0.5) is 11.4 Å². The second-order valence-electron chi connectivity index (χ2n) is 5.01. The lowest BCUT2D eigenvalue weighted by Crippen LogP contribution is -2.00. The van der Waals surface area contributed by atoms with Crippen molar-refractivity contribution in [2.75, 3.05) is 12.4 Å². The zero-order valence-corrected chi connectivity index (χ0v) is 12.7. The number of carbonyl (C=O) groups excluding carboxylic acids is 1. The van der Waals surface area contributed by atoms with E-state index in [-0.39, 0.29) is 5.97 Å². The molecule has 0 bridgehead atoms. The minimum absolute atomic E-state index is 0.326. The number of hydrogen-bond donors (Lipinski definition) is 1. The van der Waals surface area contributed by atoms with Crippen LogP contribution >= 0.6 is 0 Å². The summed E-state index contributed by atoms with van der Waals surface area (Å²) in [6.07, 6.45) is 3.50. The second kappa shape index (κ2) is 6.75. The molecule has 4 heteroatoms. The molecule has 0 unspecified atom stereocenters. The Labute approximate surface area is 134 Å². The highest BCUT2D eigenvalue weighted by molar-refractivity contribution is 5.90. The number of anilines is 2. The lowest BCUT2D eigenvalue weighted by Gasteiger charge is -2.08. The summed E-state index contributed by atoms with van der Waals surface area (Å²) in [5.41, 5.74) is 4.68. The van der Waals surface area contributed by atoms with Gasteiger partial charge in [0, 0.05) is 23.8 Å². The van der Waals surface area contributed by atoms with Crippen molar-refractivity contribution in [2.24, 2.45) is 0 Å². The molecule has 3 aromatic rings. The highest BCUT2D eigenvalue weighted by Gasteiger charge is 2.05. The van der Waals surface area contributed by atoms with Crippen molar-refractivity contribution in [2.45, 2.75) is 0 Å². The molecule has 0 aliphatic carbocycles. The third-order valence-electron chi connectivity index (χ3n) is 3.49. The van der Waals surface area contributed by atoms with Crippen LogP contribution in [0.25, 0.3) is 11.1 Å². The fourth-order valence-electron chi connectivity index (χ4n) is 2.26. The molecule has 0 aliphatic heterocycles. The molecule has 2 aromatic carbocycles. The van der Waals surface area contributed by atoms with Crippen LogP contribution in [0, 0.1) is 0 Å². The molecule has 0 aliphatic rings. The van der Waals surface area contributed by atoms with Crippen molar-refractivity contribution in [3.8, 4) is 11.1 Å². The SMILES string of the molecule is COC(=O)c1ccc(-c2ccc(Nc3ccncc3)cc2)cc1. The van der Waals surface area contributed by atoms with Crippen LogP contribution < -0.4 is 5.32 Å². The topological polar surface area (TPSA) is 51.2 Å². The van der Waals surface area contributed by atoms with Gasteiger partial charge in [-0.2, -0.15) is 0 Å². The molecular weight excluding hydrogens is 288 g/mol. The first-order valence-corrected chi connectivity index (χ1v) is 7.22. The van der Waals surface area contributed by atoms with Gasteiger partial charge in [0.2, 0.25) is 0 Å². The van der Waals surface area contributed by atoms with Crippen LogP contribution in [0.2, 0.25) is 0 Å². The number of esters is 1. The lowest BCUT2D eigenvalue weighted by molar-refractivity contribution is 0.0601. The highest BCUT2D eigenvalue weighted by Crippen LogP contribution is 2.23. The van der Waals surface area contributed by atoms with E-state index < -0.39 is 0 Å². The zero-order chi connectivity index (χ0) is 16.1. The maximum atomic E-state index is 11.4. The number of pyridine rings is 1. The third-order valence-corrected chi connectivity index (χ3v) is 3.49. The first-order valence-electron chi connectivity index (χ1n) is 7.22. The van der Waals surface area contributed by atoms with Crippen molar-refractivity contribution in [3.05, 3.63) is 78.6 Å². The summed E-state index contributed by atoms with van der Waals surface area (Å²) >= 11 is 0. The molecule has 23 heavy (non-hydrogen) atoms. The molecule has 0 atom stereocenters. The Kier molecular flexibility index (Phi) is 4.34. The number of nitrogens with one attached hydrogen (secondary N) is 1. The highest BCUT2D eigenvalue weighted by atomic mass is 16.5. The standard InChI is InChI=1S/C19H16N2O2/c1-23-19(22)16-4-2-14(3-5-16)15-6-8-17(9-7-15)21-18-10-12-20-13-11-18/h2-13H,1H3,(H,20,21). The maximum Gasteiger partial charge on any atom is 0.337 e. The number of hydrogen-bond acceptors (Lipinski definition) is 4. The van der Waals surface area contributed by atoms with Gasteiger partial charge in [0.15, 0.2) is 0 Å². The smallest absolute Gasteiger partial charge is 0.337 e. The predicted octanol–water partition coefficient (Wildman–Crippen LogP) is 4.28. The Hall–Kier alpha value is -3.14. The van der Waals surface area contributed by atoms with Crippen LogP contribution in [-0.2, 0) is 4.74 Å². The fraction of sp³-hybridized carbons (Fsp3) is 0.0526. The summed E-state index contributed by atoms with van der Waals surface area (Å²) < 4.78 is 4.70. The van der Waals surface area contributed by atoms with E-state index in [0.717, 1.165) is 22.5 Å². The van der Waals surface area contributed by atoms with Crippen molar-refractivity contribution in [1.82, 2.24) is 4.98 Å². The van der Waals surface area contributed by atoms with Crippen molar-refractivity contribution >= 4 is 17.3 Å². The van der Waals surface area contributed by atoms with E-state index in [1.807, 2.05) is 48.5 Å². The normalized spacial score (nSPS) is 10.1. The Balaban J connectivity index is 1.75. The number of benzene rings is 2. The van der Waals surface area contributed by atoms with Crippen molar-refractivity contribution in [3.63, 3.8) is 0 Å². The molecule has 0 amide bonds. The first kappa shape index (κ1) is 14.8. The Bertz CT molecular complexity index is 782. The summed E-state index contributed by atoms with van der Waals surface area (Å²) in [7, 11) is 1.38. The summed E-state index contributed by atoms with van der Waals surface area (Å²) in [5, 5.41) is 3.31. The third kappa shape index (κ3) is 3.55. The number of aromatic nitrogens is 1. The largest absolute Gasteiger partial charge is 0.465 e. The number of ether oxygens (including phenoxy) is 1. The van der Waals surface area contributed by atoms with Gasteiger partial charge in [-0.05, 0) is 47.5 Å². The van der Waals surface area contributed by atoms with E-state index in [2.05, 4.69) is 10.3 Å². The Morgan fingerprint density at radius 2 is 1.35 bits per heavy atom. The molecule has 0 saturated carbocycles. The molecule has 1 N–H and O–H groups in total. The average molecular weight is 304 g/mol. The summed E-state index contributed by atoms with van der Waals surface area (Å²) in [6.45, 7) is 0. The number of carbonyl (C=O) groups is 1. The minimum atomic E-state index is -0.326. The molecule has 1 heterocycles. The molecule has 0 fully saturated rings. The molecule has 3 rings (SSSR count). The van der Waals surface area contributed by atoms with Crippen LogP contribution in [0.5, 0.6) is 0 Å². The number of methoxy groups -OCH3 is 1.